The number of benzene rings is 1. The van der Waals surface area contributed by atoms with Crippen molar-refractivity contribution < 1.29 is 0 Å². The van der Waals surface area contributed by atoms with Gasteiger partial charge in [-0.25, -0.2) is 0 Å². The van der Waals surface area contributed by atoms with Crippen molar-refractivity contribution in [3.05, 3.63) is 46.7 Å². The monoisotopic (exact) mass is 247 g/mol. The first-order valence-corrected chi connectivity index (χ1v) is 6.14. The van der Waals surface area contributed by atoms with Crippen molar-refractivity contribution in [1.82, 2.24) is 9.78 Å². The number of nitrogens with zero attached hydrogens (tertiary/aromatic N) is 2. The molecule has 3 rings (SSSR count). The third-order valence-electron chi connectivity index (χ3n) is 3.28. The highest BCUT2D eigenvalue weighted by molar-refractivity contribution is 6.33. The van der Waals surface area contributed by atoms with Gasteiger partial charge in [0.15, 0.2) is 0 Å². The summed E-state index contributed by atoms with van der Waals surface area (Å²) in [6, 6.07) is 6.08. The van der Waals surface area contributed by atoms with Crippen LogP contribution in [0.1, 0.15) is 23.5 Å². The third kappa shape index (κ3) is 1.80. The van der Waals surface area contributed by atoms with Crippen molar-refractivity contribution in [3.63, 3.8) is 0 Å². The van der Waals surface area contributed by atoms with Crippen LogP contribution in [0.25, 0.3) is 0 Å². The second-order valence-corrected chi connectivity index (χ2v) is 4.83. The maximum atomic E-state index is 6.22. The Morgan fingerprint density at radius 1 is 1.47 bits per heavy atom. The molecule has 1 N–H and O–H groups in total. The molecule has 0 amide bonds. The molecule has 2 aromatic rings. The average molecular weight is 248 g/mol. The summed E-state index contributed by atoms with van der Waals surface area (Å²) in [4.78, 5) is 0. The van der Waals surface area contributed by atoms with Gasteiger partial charge in [-0.05, 0) is 23.6 Å². The molecule has 1 aliphatic heterocycles. The van der Waals surface area contributed by atoms with E-state index in [1.54, 1.807) is 0 Å². The van der Waals surface area contributed by atoms with Crippen LogP contribution in [-0.2, 0) is 7.05 Å². The van der Waals surface area contributed by atoms with Crippen molar-refractivity contribution in [3.8, 4) is 0 Å². The van der Waals surface area contributed by atoms with Gasteiger partial charge in [0.05, 0.1) is 16.9 Å². The number of anilines is 1. The Hall–Kier alpha value is -1.48. The Bertz CT molecular complexity index is 547. The lowest BCUT2D eigenvalue weighted by atomic mass is 9.87. The van der Waals surface area contributed by atoms with Crippen LogP contribution >= 0.6 is 11.6 Å². The number of hydrogen-bond acceptors (Lipinski definition) is 2. The van der Waals surface area contributed by atoms with Crippen molar-refractivity contribution in [2.45, 2.75) is 12.3 Å². The van der Waals surface area contributed by atoms with E-state index in [2.05, 4.69) is 22.7 Å². The molecule has 88 valence electrons. The molecule has 0 aliphatic carbocycles. The molecule has 0 spiro atoms. The number of aromatic nitrogens is 2. The van der Waals surface area contributed by atoms with Gasteiger partial charge in [0.2, 0.25) is 0 Å². The molecule has 0 saturated heterocycles. The number of rotatable bonds is 1. The van der Waals surface area contributed by atoms with Crippen molar-refractivity contribution in [2.24, 2.45) is 7.05 Å². The zero-order valence-corrected chi connectivity index (χ0v) is 10.4. The van der Waals surface area contributed by atoms with E-state index in [-0.39, 0.29) is 0 Å². The molecule has 0 bridgehead atoms. The number of hydrogen-bond donors (Lipinski definition) is 1. The molecule has 0 fully saturated rings. The van der Waals surface area contributed by atoms with Crippen molar-refractivity contribution >= 4 is 17.3 Å². The van der Waals surface area contributed by atoms with Gasteiger partial charge < -0.3 is 5.32 Å². The number of fused-ring (bicyclic) bond motifs is 1. The number of aryl methyl sites for hydroxylation is 1. The number of para-hydroxylation sites is 1. The summed E-state index contributed by atoms with van der Waals surface area (Å²) in [7, 11) is 1.95. The summed E-state index contributed by atoms with van der Waals surface area (Å²) in [6.07, 6.45) is 5.11. The van der Waals surface area contributed by atoms with Crippen LogP contribution < -0.4 is 5.32 Å². The summed E-state index contributed by atoms with van der Waals surface area (Å²) in [6.45, 7) is 0.955. The minimum Gasteiger partial charge on any atom is -0.384 e. The van der Waals surface area contributed by atoms with Crippen LogP contribution in [0.15, 0.2) is 30.6 Å². The molecule has 0 radical (unpaired) electrons. The summed E-state index contributed by atoms with van der Waals surface area (Å²) >= 11 is 6.22. The Morgan fingerprint density at radius 3 is 3.12 bits per heavy atom. The van der Waals surface area contributed by atoms with E-state index in [1.165, 1.54) is 11.1 Å². The third-order valence-corrected chi connectivity index (χ3v) is 3.60. The Balaban J connectivity index is 2.08. The molecule has 1 unspecified atom stereocenters. The maximum Gasteiger partial charge on any atom is 0.0640 e. The topological polar surface area (TPSA) is 29.9 Å². The minimum atomic E-state index is 0.402. The fraction of sp³-hybridized carbons (Fsp3) is 0.308. The molecule has 1 atom stereocenters. The van der Waals surface area contributed by atoms with Gasteiger partial charge in [-0.3, -0.25) is 4.68 Å². The lowest BCUT2D eigenvalue weighted by molar-refractivity contribution is 0.716. The molecular weight excluding hydrogens is 234 g/mol. The van der Waals surface area contributed by atoms with E-state index in [0.29, 0.717) is 5.92 Å². The van der Waals surface area contributed by atoms with Crippen LogP contribution in [0.3, 0.4) is 0 Å². The summed E-state index contributed by atoms with van der Waals surface area (Å²) < 4.78 is 1.85. The molecule has 0 saturated carbocycles. The van der Waals surface area contributed by atoms with Gasteiger partial charge in [-0.15, -0.1) is 0 Å². The summed E-state index contributed by atoms with van der Waals surface area (Å²) in [5.41, 5.74) is 3.61. The number of nitrogens with one attached hydrogen (secondary N) is 1. The highest BCUT2D eigenvalue weighted by atomic mass is 35.5. The van der Waals surface area contributed by atoms with Gasteiger partial charge in [0.25, 0.3) is 0 Å². The average Bonchev–Trinajstić information content (AvgIpc) is 2.76. The predicted octanol–water partition coefficient (Wildman–Crippen LogP) is 3.02. The van der Waals surface area contributed by atoms with Crippen molar-refractivity contribution in [2.75, 3.05) is 11.9 Å². The minimum absolute atomic E-state index is 0.402. The molecule has 4 heteroatoms. The molecule has 1 aromatic heterocycles. The lowest BCUT2D eigenvalue weighted by Crippen LogP contribution is -2.17. The fourth-order valence-corrected chi connectivity index (χ4v) is 2.73. The van der Waals surface area contributed by atoms with Crippen LogP contribution in [0, 0.1) is 0 Å². The molecule has 1 aromatic carbocycles. The Labute approximate surface area is 105 Å². The van der Waals surface area contributed by atoms with Crippen LogP contribution in [-0.4, -0.2) is 16.3 Å². The quantitative estimate of drug-likeness (QED) is 0.840. The van der Waals surface area contributed by atoms with Crippen LogP contribution in [0.5, 0.6) is 0 Å². The van der Waals surface area contributed by atoms with Gasteiger partial charge >= 0.3 is 0 Å². The van der Waals surface area contributed by atoms with Gasteiger partial charge in [0.1, 0.15) is 0 Å². The molecule has 3 nitrogen and oxygen atoms in total. The van der Waals surface area contributed by atoms with E-state index >= 15 is 0 Å². The smallest absolute Gasteiger partial charge is 0.0640 e. The molecule has 17 heavy (non-hydrogen) atoms. The van der Waals surface area contributed by atoms with Crippen LogP contribution in [0.4, 0.5) is 5.69 Å². The fourth-order valence-electron chi connectivity index (χ4n) is 2.48. The predicted molar refractivity (Wildman–Crippen MR) is 69.6 cm³/mol. The zero-order valence-electron chi connectivity index (χ0n) is 9.65. The maximum absolute atomic E-state index is 6.22. The molecular formula is C13H14ClN3. The molecule has 1 aliphatic rings. The van der Waals surface area contributed by atoms with Gasteiger partial charge in [0, 0.05) is 25.7 Å². The first-order valence-electron chi connectivity index (χ1n) is 5.76. The van der Waals surface area contributed by atoms with E-state index in [1.807, 2.05) is 30.1 Å². The summed E-state index contributed by atoms with van der Waals surface area (Å²) in [5.74, 6) is 0.402. The largest absolute Gasteiger partial charge is 0.384 e. The van der Waals surface area contributed by atoms with E-state index < -0.39 is 0 Å². The van der Waals surface area contributed by atoms with E-state index in [9.17, 15) is 0 Å². The van der Waals surface area contributed by atoms with Crippen LogP contribution in [0.2, 0.25) is 5.02 Å². The molecule has 2 heterocycles. The Morgan fingerprint density at radius 2 is 2.35 bits per heavy atom. The highest BCUT2D eigenvalue weighted by Crippen LogP contribution is 2.39. The van der Waals surface area contributed by atoms with Crippen molar-refractivity contribution in [1.29, 1.82) is 0 Å². The standard InChI is InChI=1S/C13H14ClN3/c1-17-8-9(7-16-17)10-5-6-15-13-11(10)3-2-4-12(13)14/h2-4,7-8,10,15H,5-6H2,1H3. The first kappa shape index (κ1) is 10.7. The summed E-state index contributed by atoms with van der Waals surface area (Å²) in [5, 5.41) is 8.43. The Kier molecular flexibility index (Phi) is 2.56. The SMILES string of the molecule is Cn1cc(C2CCNc3c(Cl)cccc32)cn1. The number of halogens is 1. The first-order chi connectivity index (χ1) is 8.25. The second-order valence-electron chi connectivity index (χ2n) is 4.42. The lowest BCUT2D eigenvalue weighted by Gasteiger charge is -2.26. The van der Waals surface area contributed by atoms with E-state index in [4.69, 9.17) is 11.6 Å². The van der Waals surface area contributed by atoms with Gasteiger partial charge in [-0.1, -0.05) is 23.7 Å². The second kappa shape index (κ2) is 4.08. The normalized spacial score (nSPS) is 18.6. The zero-order chi connectivity index (χ0) is 11.8. The van der Waals surface area contributed by atoms with E-state index in [0.717, 1.165) is 23.7 Å². The van der Waals surface area contributed by atoms with Gasteiger partial charge in [-0.2, -0.15) is 5.10 Å². The highest BCUT2D eigenvalue weighted by Gasteiger charge is 2.23.